The van der Waals surface area contributed by atoms with Gasteiger partial charge < -0.3 is 30.0 Å². The molecule has 184 valence electrons. The van der Waals surface area contributed by atoms with Crippen molar-refractivity contribution in [3.05, 3.63) is 59.7 Å². The number of benzene rings is 2. The van der Waals surface area contributed by atoms with Crippen molar-refractivity contribution in [2.75, 3.05) is 57.5 Å². The number of hydrogen-bond donors (Lipinski definition) is 2. The van der Waals surface area contributed by atoms with E-state index in [1.54, 1.807) is 11.0 Å². The molecule has 9 nitrogen and oxygen atoms in total. The van der Waals surface area contributed by atoms with Crippen LogP contribution in [0.4, 0.5) is 5.69 Å². The number of primary amides is 1. The van der Waals surface area contributed by atoms with Gasteiger partial charge in [0.25, 0.3) is 11.8 Å². The fourth-order valence-corrected chi connectivity index (χ4v) is 4.94. The number of ether oxygens (including phenoxy) is 2. The second-order valence-corrected chi connectivity index (χ2v) is 9.08. The summed E-state index contributed by atoms with van der Waals surface area (Å²) in [7, 11) is 0. The van der Waals surface area contributed by atoms with Gasteiger partial charge in [-0.15, -0.1) is 0 Å². The number of amides is 2. The number of nitrogens with two attached hydrogens (primary N) is 1. The van der Waals surface area contributed by atoms with Crippen molar-refractivity contribution < 1.29 is 19.1 Å². The first-order valence-corrected chi connectivity index (χ1v) is 12.1. The first kappa shape index (κ1) is 22.5. The number of pyridine rings is 1. The molecule has 0 unspecified atom stereocenters. The number of carbonyl (C=O) groups excluding carboxylic acids is 2. The van der Waals surface area contributed by atoms with E-state index in [1.165, 1.54) is 0 Å². The second kappa shape index (κ2) is 9.25. The number of carbonyl (C=O) groups is 2. The fraction of sp³-hybridized carbons (Fsp3) is 0.296. The Morgan fingerprint density at radius 2 is 1.58 bits per heavy atom. The number of anilines is 1. The monoisotopic (exact) mass is 485 g/mol. The maximum absolute atomic E-state index is 13.0. The summed E-state index contributed by atoms with van der Waals surface area (Å²) in [6.45, 7) is 5.41. The van der Waals surface area contributed by atoms with Gasteiger partial charge in [0, 0.05) is 53.9 Å². The minimum atomic E-state index is -0.537. The van der Waals surface area contributed by atoms with Gasteiger partial charge in [-0.25, -0.2) is 4.98 Å². The zero-order chi connectivity index (χ0) is 24.6. The molecular formula is C27H27N5O4. The Kier molecular flexibility index (Phi) is 5.79. The first-order valence-electron chi connectivity index (χ1n) is 12.1. The van der Waals surface area contributed by atoms with E-state index in [2.05, 4.69) is 22.0 Å². The van der Waals surface area contributed by atoms with Gasteiger partial charge >= 0.3 is 0 Å². The number of hydrogen-bond acceptors (Lipinski definition) is 6. The Hall–Kier alpha value is -3.95. The minimum absolute atomic E-state index is 0.0389. The predicted molar refractivity (Wildman–Crippen MR) is 137 cm³/mol. The molecule has 0 spiro atoms. The smallest absolute Gasteiger partial charge is 0.254 e. The third-order valence-corrected chi connectivity index (χ3v) is 6.90. The van der Waals surface area contributed by atoms with Crippen LogP contribution in [0.3, 0.4) is 0 Å². The maximum atomic E-state index is 13.0. The second-order valence-electron chi connectivity index (χ2n) is 9.08. The van der Waals surface area contributed by atoms with Gasteiger partial charge in [-0.3, -0.25) is 9.59 Å². The van der Waals surface area contributed by atoms with Crippen LogP contribution in [-0.4, -0.2) is 79.3 Å². The molecule has 0 aliphatic carbocycles. The van der Waals surface area contributed by atoms with Gasteiger partial charge in [0.05, 0.1) is 48.7 Å². The average molecular weight is 486 g/mol. The zero-order valence-electron chi connectivity index (χ0n) is 19.8. The topological polar surface area (TPSA) is 114 Å². The molecule has 0 bridgehead atoms. The third-order valence-electron chi connectivity index (χ3n) is 6.90. The lowest BCUT2D eigenvalue weighted by Crippen LogP contribution is -2.40. The average Bonchev–Trinajstić information content (AvgIpc) is 3.31. The summed E-state index contributed by atoms with van der Waals surface area (Å²) in [5.41, 5.74) is 11.4. The van der Waals surface area contributed by atoms with E-state index in [1.807, 2.05) is 30.3 Å². The Morgan fingerprint density at radius 3 is 2.28 bits per heavy atom. The van der Waals surface area contributed by atoms with E-state index >= 15 is 0 Å². The molecule has 0 saturated carbocycles. The lowest BCUT2D eigenvalue weighted by atomic mass is 10.1. The number of aromatic amines is 1. The van der Waals surface area contributed by atoms with Crippen LogP contribution in [-0.2, 0) is 9.47 Å². The molecule has 2 aromatic heterocycles. The molecule has 6 rings (SSSR count). The van der Waals surface area contributed by atoms with Crippen LogP contribution in [0.5, 0.6) is 0 Å². The Labute approximate surface area is 207 Å². The molecule has 4 heterocycles. The quantitative estimate of drug-likeness (QED) is 0.460. The number of morpholine rings is 2. The predicted octanol–water partition coefficient (Wildman–Crippen LogP) is 2.79. The summed E-state index contributed by atoms with van der Waals surface area (Å²) in [6, 6.07) is 15.4. The standard InChI is InChI=1S/C27H27N5O4/c28-26(33)21-16-22(17-1-4-19(5-2-17)31-7-11-35-12-8-31)29-24-20-6-3-18(15-23(20)30-25(21)24)27(34)32-9-13-36-14-10-32/h1-6,15-16,30H,7-14H2,(H2,28,33). The summed E-state index contributed by atoms with van der Waals surface area (Å²) >= 11 is 0. The van der Waals surface area contributed by atoms with Gasteiger partial charge in [-0.2, -0.15) is 0 Å². The van der Waals surface area contributed by atoms with Crippen molar-refractivity contribution in [2.24, 2.45) is 5.73 Å². The van der Waals surface area contributed by atoms with Gasteiger partial charge in [0.2, 0.25) is 0 Å². The summed E-state index contributed by atoms with van der Waals surface area (Å²) in [6.07, 6.45) is 0. The van der Waals surface area contributed by atoms with E-state index in [0.717, 1.165) is 48.5 Å². The highest BCUT2D eigenvalue weighted by atomic mass is 16.5. The van der Waals surface area contributed by atoms with E-state index in [0.29, 0.717) is 54.2 Å². The number of nitrogens with one attached hydrogen (secondary N) is 1. The molecule has 2 fully saturated rings. The molecule has 2 aliphatic rings. The number of aromatic nitrogens is 2. The maximum Gasteiger partial charge on any atom is 0.254 e. The highest BCUT2D eigenvalue weighted by molar-refractivity contribution is 6.14. The van der Waals surface area contributed by atoms with E-state index in [-0.39, 0.29) is 5.91 Å². The number of nitrogens with zero attached hydrogens (tertiary/aromatic N) is 3. The molecular weight excluding hydrogens is 458 g/mol. The highest BCUT2D eigenvalue weighted by Crippen LogP contribution is 2.31. The van der Waals surface area contributed by atoms with Crippen LogP contribution < -0.4 is 10.6 Å². The van der Waals surface area contributed by atoms with Crippen LogP contribution in [0.15, 0.2) is 48.5 Å². The molecule has 2 aromatic carbocycles. The molecule has 2 saturated heterocycles. The van der Waals surface area contributed by atoms with Crippen molar-refractivity contribution in [3.8, 4) is 11.3 Å². The molecule has 3 N–H and O–H groups in total. The molecule has 2 aliphatic heterocycles. The molecule has 9 heteroatoms. The van der Waals surface area contributed by atoms with Crippen LogP contribution in [0, 0.1) is 0 Å². The summed E-state index contributed by atoms with van der Waals surface area (Å²) in [4.78, 5) is 37.6. The van der Waals surface area contributed by atoms with Gasteiger partial charge in [0.1, 0.15) is 0 Å². The molecule has 0 radical (unpaired) electrons. The van der Waals surface area contributed by atoms with E-state index in [9.17, 15) is 9.59 Å². The van der Waals surface area contributed by atoms with Crippen LogP contribution in [0.2, 0.25) is 0 Å². The lowest BCUT2D eigenvalue weighted by molar-refractivity contribution is 0.0303. The van der Waals surface area contributed by atoms with Crippen molar-refractivity contribution in [1.29, 1.82) is 0 Å². The molecule has 2 amide bonds. The van der Waals surface area contributed by atoms with Crippen LogP contribution in [0.25, 0.3) is 33.2 Å². The first-order chi connectivity index (χ1) is 17.6. The fourth-order valence-electron chi connectivity index (χ4n) is 4.94. The SMILES string of the molecule is NC(=O)c1cc(-c2ccc(N3CCOCC3)cc2)nc2c1[nH]c1cc(C(=O)N3CCOCC3)ccc12. The van der Waals surface area contributed by atoms with E-state index in [4.69, 9.17) is 20.2 Å². The normalized spacial score (nSPS) is 16.6. The van der Waals surface area contributed by atoms with Crippen molar-refractivity contribution in [1.82, 2.24) is 14.9 Å². The van der Waals surface area contributed by atoms with Crippen LogP contribution >= 0.6 is 0 Å². The minimum Gasteiger partial charge on any atom is -0.378 e. The Balaban J connectivity index is 1.39. The summed E-state index contributed by atoms with van der Waals surface area (Å²) in [5.74, 6) is -0.576. The van der Waals surface area contributed by atoms with Crippen LogP contribution in [0.1, 0.15) is 20.7 Å². The van der Waals surface area contributed by atoms with Gasteiger partial charge in [-0.1, -0.05) is 12.1 Å². The van der Waals surface area contributed by atoms with Crippen molar-refractivity contribution >= 4 is 39.4 Å². The van der Waals surface area contributed by atoms with Gasteiger partial charge in [-0.05, 0) is 36.4 Å². The van der Waals surface area contributed by atoms with Crippen molar-refractivity contribution in [3.63, 3.8) is 0 Å². The lowest BCUT2D eigenvalue weighted by Gasteiger charge is -2.28. The highest BCUT2D eigenvalue weighted by Gasteiger charge is 2.21. The zero-order valence-corrected chi connectivity index (χ0v) is 19.8. The number of fused-ring (bicyclic) bond motifs is 3. The Bertz CT molecular complexity index is 1450. The number of rotatable bonds is 4. The number of H-pyrrole nitrogens is 1. The van der Waals surface area contributed by atoms with Crippen molar-refractivity contribution in [2.45, 2.75) is 0 Å². The van der Waals surface area contributed by atoms with Gasteiger partial charge in [0.15, 0.2) is 0 Å². The largest absolute Gasteiger partial charge is 0.378 e. The summed E-state index contributed by atoms with van der Waals surface area (Å²) < 4.78 is 10.8. The molecule has 36 heavy (non-hydrogen) atoms. The third kappa shape index (κ3) is 4.06. The molecule has 0 atom stereocenters. The summed E-state index contributed by atoms with van der Waals surface area (Å²) in [5, 5.41) is 0.831. The Morgan fingerprint density at radius 1 is 0.889 bits per heavy atom. The molecule has 4 aromatic rings. The van der Waals surface area contributed by atoms with E-state index < -0.39 is 5.91 Å².